The molecule has 0 spiro atoms. The quantitative estimate of drug-likeness (QED) is 0.134. The van der Waals surface area contributed by atoms with Gasteiger partial charge in [-0.15, -0.1) is 0 Å². The van der Waals surface area contributed by atoms with E-state index in [0.29, 0.717) is 50.7 Å². The highest BCUT2D eigenvalue weighted by molar-refractivity contribution is 6.35. The molecule has 1 aromatic heterocycles. The zero-order chi connectivity index (χ0) is 36.8. The third-order valence-corrected chi connectivity index (χ3v) is 10.2. The molecule has 6 rings (SSSR count). The number of amides is 1. The first-order chi connectivity index (χ1) is 25.1. The summed E-state index contributed by atoms with van der Waals surface area (Å²) >= 11 is 12.9. The van der Waals surface area contributed by atoms with Gasteiger partial charge >= 0.3 is 12.1 Å². The Morgan fingerprint density at radius 2 is 1.69 bits per heavy atom. The maximum atomic E-state index is 13.7. The van der Waals surface area contributed by atoms with Gasteiger partial charge in [-0.25, -0.2) is 23.4 Å². The lowest BCUT2D eigenvalue weighted by atomic mass is 9.88. The number of nitrogens with one attached hydrogen (secondary N) is 1. The average Bonchev–Trinajstić information content (AvgIpc) is 3.14. The second kappa shape index (κ2) is 16.9. The van der Waals surface area contributed by atoms with Gasteiger partial charge in [0.2, 0.25) is 0 Å². The smallest absolute Gasteiger partial charge is 0.414 e. The molecule has 0 saturated carbocycles. The topological polar surface area (TPSA) is 91.7 Å². The number of piperidine rings is 2. The predicted molar refractivity (Wildman–Crippen MR) is 192 cm³/mol. The molecule has 2 unspecified atom stereocenters. The third-order valence-electron chi connectivity index (χ3n) is 9.53. The summed E-state index contributed by atoms with van der Waals surface area (Å²) in [4.78, 5) is 33.9. The first-order valence-corrected chi connectivity index (χ1v) is 17.8. The van der Waals surface area contributed by atoms with Gasteiger partial charge in [-0.1, -0.05) is 53.5 Å². The van der Waals surface area contributed by atoms with E-state index >= 15 is 0 Å². The van der Waals surface area contributed by atoms with Crippen molar-refractivity contribution in [2.45, 2.75) is 50.9 Å². The predicted octanol–water partition coefficient (Wildman–Crippen LogP) is 8.53. The summed E-state index contributed by atoms with van der Waals surface area (Å²) < 4.78 is 50.3. The highest BCUT2D eigenvalue weighted by Crippen LogP contribution is 2.36. The fraction of sp³-hybridized carbons (Fsp3) is 0.359. The number of pyridine rings is 1. The number of carbonyl (C=O) groups is 2. The van der Waals surface area contributed by atoms with Crippen LogP contribution in [0.4, 0.5) is 19.3 Å². The number of aromatic nitrogens is 1. The number of nitrogens with zero attached hydrogens (tertiary/aromatic N) is 2. The van der Waals surface area contributed by atoms with E-state index in [2.05, 4.69) is 9.88 Å². The Hall–Kier alpha value is -4.45. The molecule has 13 heteroatoms. The van der Waals surface area contributed by atoms with Crippen LogP contribution in [0.1, 0.15) is 64.4 Å². The van der Waals surface area contributed by atoms with Gasteiger partial charge in [-0.05, 0) is 79.3 Å². The van der Waals surface area contributed by atoms with E-state index in [1.807, 2.05) is 0 Å². The van der Waals surface area contributed by atoms with Crippen molar-refractivity contribution in [3.05, 3.63) is 117 Å². The number of benzene rings is 3. The maximum absolute atomic E-state index is 13.7. The molecule has 3 aromatic carbocycles. The number of hydrogen-bond acceptors (Lipinski definition) is 7. The first kappa shape index (κ1) is 37.3. The van der Waals surface area contributed by atoms with Gasteiger partial charge in [-0.3, -0.25) is 9.80 Å². The Labute approximate surface area is 311 Å². The molecule has 3 heterocycles. The largest absolute Gasteiger partial charge is 0.493 e. The number of fused-ring (bicyclic) bond motifs is 2. The fourth-order valence-corrected chi connectivity index (χ4v) is 7.42. The lowest BCUT2D eigenvalue weighted by Crippen LogP contribution is -2.49. The lowest BCUT2D eigenvalue weighted by molar-refractivity contribution is -0.377. The second-order valence-electron chi connectivity index (χ2n) is 13.0. The van der Waals surface area contributed by atoms with E-state index < -0.39 is 24.6 Å². The van der Waals surface area contributed by atoms with E-state index in [1.54, 1.807) is 60.9 Å². The van der Waals surface area contributed by atoms with Crippen molar-refractivity contribution < 1.29 is 42.3 Å². The molecule has 2 aliphatic rings. The summed E-state index contributed by atoms with van der Waals surface area (Å²) in [7, 11) is 3.04. The minimum absolute atomic E-state index is 0.0248. The van der Waals surface area contributed by atoms with Gasteiger partial charge in [0.15, 0.2) is 23.9 Å². The molecule has 9 nitrogen and oxygen atoms in total. The van der Waals surface area contributed by atoms with Crippen molar-refractivity contribution in [2.24, 2.45) is 5.92 Å². The van der Waals surface area contributed by atoms with Crippen molar-refractivity contribution in [3.8, 4) is 11.5 Å². The van der Waals surface area contributed by atoms with Crippen LogP contribution in [0, 0.1) is 5.92 Å². The SMILES string of the molecule is COc1ccc([C@H](Cc2c(Cl)c[nH+]cc2Cl)OC(=O)c2ccc(CN(C(=O)O[C@@H]3CC4CCCN(C4)C3)c3cccc(C(F)F)c3)cc2)cc1OC. The number of halogens is 4. The number of aromatic amines is 1. The van der Waals surface area contributed by atoms with Crippen molar-refractivity contribution in [1.82, 2.24) is 4.90 Å². The van der Waals surface area contributed by atoms with E-state index in [4.69, 9.17) is 42.1 Å². The number of alkyl halides is 2. The summed E-state index contributed by atoms with van der Waals surface area (Å²) in [5, 5.41) is 0.758. The number of anilines is 1. The fourth-order valence-electron chi connectivity index (χ4n) is 6.89. The Balaban J connectivity index is 1.22. The van der Waals surface area contributed by atoms with Gasteiger partial charge in [0.05, 0.1) is 26.3 Å². The van der Waals surface area contributed by atoms with Crippen LogP contribution in [0.15, 0.2) is 79.1 Å². The summed E-state index contributed by atoms with van der Waals surface area (Å²) in [5.41, 5.74) is 2.20. The van der Waals surface area contributed by atoms with E-state index in [1.165, 1.54) is 37.3 Å². The first-order valence-electron chi connectivity index (χ1n) is 17.1. The molecular weight excluding hydrogens is 715 g/mol. The van der Waals surface area contributed by atoms with Crippen molar-refractivity contribution in [3.63, 3.8) is 0 Å². The van der Waals surface area contributed by atoms with Crippen LogP contribution in [0.25, 0.3) is 0 Å². The molecule has 4 atom stereocenters. The zero-order valence-electron chi connectivity index (χ0n) is 28.8. The molecule has 1 amide bonds. The monoisotopic (exact) mass is 754 g/mol. The summed E-state index contributed by atoms with van der Waals surface area (Å²) in [6.07, 6.45) is 1.93. The Morgan fingerprint density at radius 3 is 2.38 bits per heavy atom. The van der Waals surface area contributed by atoms with E-state index in [0.717, 1.165) is 32.4 Å². The van der Waals surface area contributed by atoms with Crippen molar-refractivity contribution >= 4 is 41.0 Å². The number of carbonyl (C=O) groups excluding carboxylic acids is 2. The highest BCUT2D eigenvalue weighted by atomic mass is 35.5. The summed E-state index contributed by atoms with van der Waals surface area (Å²) in [5.74, 6) is 0.819. The zero-order valence-corrected chi connectivity index (χ0v) is 30.3. The number of rotatable bonds is 12. The minimum Gasteiger partial charge on any atom is -0.493 e. The highest BCUT2D eigenvalue weighted by Gasteiger charge is 2.33. The van der Waals surface area contributed by atoms with Gasteiger partial charge in [0.1, 0.15) is 22.3 Å². The lowest BCUT2D eigenvalue weighted by Gasteiger charge is -2.41. The Bertz CT molecular complexity index is 1850. The molecule has 2 bridgehead atoms. The summed E-state index contributed by atoms with van der Waals surface area (Å²) in [6, 6.07) is 17.5. The van der Waals surface area contributed by atoms with Crippen LogP contribution < -0.4 is 19.4 Å². The van der Waals surface area contributed by atoms with Crippen molar-refractivity contribution in [1.29, 1.82) is 0 Å². The Morgan fingerprint density at radius 1 is 0.942 bits per heavy atom. The van der Waals surface area contributed by atoms with E-state index in [9.17, 15) is 18.4 Å². The van der Waals surface area contributed by atoms with Crippen LogP contribution in [0.5, 0.6) is 11.5 Å². The maximum Gasteiger partial charge on any atom is 0.414 e. The van der Waals surface area contributed by atoms with Crippen LogP contribution in [0.2, 0.25) is 10.0 Å². The molecule has 4 aromatic rings. The average molecular weight is 756 g/mol. The molecular formula is C39H40Cl2F2N3O6+. The van der Waals surface area contributed by atoms with Crippen molar-refractivity contribution in [2.75, 3.05) is 38.8 Å². The van der Waals surface area contributed by atoms with Gasteiger partial charge < -0.3 is 18.9 Å². The molecule has 2 saturated heterocycles. The van der Waals surface area contributed by atoms with Gasteiger partial charge in [0.25, 0.3) is 6.43 Å². The van der Waals surface area contributed by atoms with Crippen LogP contribution in [-0.2, 0) is 22.4 Å². The van der Waals surface area contributed by atoms with Gasteiger partial charge in [-0.2, -0.15) is 0 Å². The number of H-pyrrole nitrogens is 1. The standard InChI is InChI=1S/C39H39Cl2F2N3O6/c1-49-34-13-12-27(17-36(34)50-2)35(18-31-32(40)19-44-20-33(31)41)52-38(47)26-10-8-24(9-11-26)22-46(29-7-3-6-28(16-29)37(42)43)39(48)51-30-15-25-5-4-14-45(21-25)23-30/h3,6-13,16-17,19-20,25,30,35,37H,4-5,14-15,18,21-23H2,1-2H3/p+1/t25?,30-,35+/m1/s1. The molecule has 2 aliphatic heterocycles. The molecule has 274 valence electrons. The minimum atomic E-state index is -2.70. The molecule has 0 aliphatic carbocycles. The molecule has 52 heavy (non-hydrogen) atoms. The molecule has 1 N–H and O–H groups in total. The van der Waals surface area contributed by atoms with Crippen LogP contribution in [0.3, 0.4) is 0 Å². The normalized spacial score (nSPS) is 18.7. The number of hydrogen-bond donors (Lipinski definition) is 0. The third kappa shape index (κ3) is 8.94. The van der Waals surface area contributed by atoms with E-state index in [-0.39, 0.29) is 35.9 Å². The molecule has 2 fully saturated rings. The number of methoxy groups -OCH3 is 2. The Kier molecular flexibility index (Phi) is 12.1. The van der Waals surface area contributed by atoms with Gasteiger partial charge in [0, 0.05) is 36.3 Å². The van der Waals surface area contributed by atoms with Crippen LogP contribution >= 0.6 is 23.2 Å². The summed E-state index contributed by atoms with van der Waals surface area (Å²) in [6.45, 7) is 2.65. The van der Waals surface area contributed by atoms with Crippen LogP contribution in [-0.4, -0.2) is 56.9 Å². The molecule has 0 radical (unpaired) electrons. The second-order valence-corrected chi connectivity index (χ2v) is 13.8. The number of ether oxygens (including phenoxy) is 4. The number of esters is 1.